The van der Waals surface area contributed by atoms with Gasteiger partial charge in [-0.3, -0.25) is 0 Å². The lowest BCUT2D eigenvalue weighted by Gasteiger charge is -2.07. The van der Waals surface area contributed by atoms with Crippen molar-refractivity contribution in [1.82, 2.24) is 6.15 Å². The van der Waals surface area contributed by atoms with E-state index in [1.807, 2.05) is 0 Å². The largest absolute Gasteiger partial charge is 0.381 e. The van der Waals surface area contributed by atoms with Crippen molar-refractivity contribution in [2.45, 2.75) is 27.7 Å². The van der Waals surface area contributed by atoms with E-state index in [0.717, 1.165) is 13.2 Å². The summed E-state index contributed by atoms with van der Waals surface area (Å²) in [6.07, 6.45) is 0. The Bertz CT molecular complexity index is 59.1. The van der Waals surface area contributed by atoms with Crippen LogP contribution >= 0.6 is 12.4 Å². The lowest BCUT2D eigenvalue weighted by Crippen LogP contribution is -2.06. The summed E-state index contributed by atoms with van der Waals surface area (Å²) in [4.78, 5) is 0. The molecule has 0 aromatic heterocycles. The Kier molecular flexibility index (Phi) is 16.1. The molecule has 11 heavy (non-hydrogen) atoms. The maximum Gasteiger partial charge on any atom is 0.0489 e. The molecule has 0 spiro atoms. The minimum Gasteiger partial charge on any atom is -0.381 e. The zero-order valence-corrected chi connectivity index (χ0v) is 8.91. The van der Waals surface area contributed by atoms with Gasteiger partial charge in [-0.1, -0.05) is 27.7 Å². The first-order valence-electron chi connectivity index (χ1n) is 3.70. The molecule has 2 nitrogen and oxygen atoms in total. The van der Waals surface area contributed by atoms with Gasteiger partial charge >= 0.3 is 0 Å². The summed E-state index contributed by atoms with van der Waals surface area (Å²) in [5, 5.41) is 0. The summed E-state index contributed by atoms with van der Waals surface area (Å²) in [6, 6.07) is 0. The zero-order valence-electron chi connectivity index (χ0n) is 8.09. The highest BCUT2D eigenvalue weighted by Crippen LogP contribution is 1.96. The highest BCUT2D eigenvalue weighted by atomic mass is 35.5. The van der Waals surface area contributed by atoms with Crippen molar-refractivity contribution in [2.75, 3.05) is 13.2 Å². The second-order valence-electron chi connectivity index (χ2n) is 3.33. The summed E-state index contributed by atoms with van der Waals surface area (Å²) in [7, 11) is 0. The summed E-state index contributed by atoms with van der Waals surface area (Å²) in [5.41, 5.74) is 0. The van der Waals surface area contributed by atoms with Crippen LogP contribution in [0.3, 0.4) is 0 Å². The zero-order chi connectivity index (χ0) is 7.28. The highest BCUT2D eigenvalue weighted by molar-refractivity contribution is 5.85. The Morgan fingerprint density at radius 1 is 0.909 bits per heavy atom. The quantitative estimate of drug-likeness (QED) is 0.729. The highest BCUT2D eigenvalue weighted by Gasteiger charge is 1.95. The van der Waals surface area contributed by atoms with Crippen molar-refractivity contribution in [3.8, 4) is 0 Å². The molecule has 0 aliphatic heterocycles. The average molecular weight is 184 g/mol. The van der Waals surface area contributed by atoms with Crippen molar-refractivity contribution in [1.29, 1.82) is 0 Å². The van der Waals surface area contributed by atoms with Gasteiger partial charge < -0.3 is 10.9 Å². The Balaban J connectivity index is -0.000000320. The van der Waals surface area contributed by atoms with Crippen LogP contribution in [0.25, 0.3) is 0 Å². The summed E-state index contributed by atoms with van der Waals surface area (Å²) in [5.74, 6) is 1.34. The maximum absolute atomic E-state index is 5.36. The molecule has 3 N–H and O–H groups in total. The SMILES string of the molecule is CC(C)COCC(C)C.Cl.N. The standard InChI is InChI=1S/C8H18O.ClH.H3N/c1-7(2)5-9-6-8(3)4;;/h7-8H,5-6H2,1-4H3;1H;1H3. The third kappa shape index (κ3) is 17.8. The molecule has 0 saturated heterocycles. The number of hydrogen-bond acceptors (Lipinski definition) is 2. The fraction of sp³-hybridized carbons (Fsp3) is 1.00. The van der Waals surface area contributed by atoms with Gasteiger partial charge in [0.25, 0.3) is 0 Å². The summed E-state index contributed by atoms with van der Waals surface area (Å²) >= 11 is 0. The van der Waals surface area contributed by atoms with Crippen molar-refractivity contribution < 1.29 is 4.74 Å². The smallest absolute Gasteiger partial charge is 0.0489 e. The van der Waals surface area contributed by atoms with Gasteiger partial charge in [0, 0.05) is 13.2 Å². The molecule has 0 aliphatic carbocycles. The Morgan fingerprint density at radius 2 is 1.18 bits per heavy atom. The van der Waals surface area contributed by atoms with E-state index in [-0.39, 0.29) is 18.6 Å². The first-order chi connectivity index (χ1) is 4.13. The third-order valence-corrected chi connectivity index (χ3v) is 0.902. The minimum absolute atomic E-state index is 0. The van der Waals surface area contributed by atoms with Gasteiger partial charge in [0.15, 0.2) is 0 Å². The van der Waals surface area contributed by atoms with Crippen LogP contribution in [0.4, 0.5) is 0 Å². The van der Waals surface area contributed by atoms with Crippen LogP contribution in [-0.2, 0) is 4.74 Å². The van der Waals surface area contributed by atoms with E-state index in [9.17, 15) is 0 Å². The topological polar surface area (TPSA) is 44.2 Å². The van der Waals surface area contributed by atoms with Crippen LogP contribution in [-0.4, -0.2) is 13.2 Å². The normalized spacial score (nSPS) is 9.27. The van der Waals surface area contributed by atoms with Gasteiger partial charge in [0.1, 0.15) is 0 Å². The molecule has 0 aromatic carbocycles. The van der Waals surface area contributed by atoms with Crippen LogP contribution in [0.15, 0.2) is 0 Å². The monoisotopic (exact) mass is 183 g/mol. The molecule has 3 heteroatoms. The molecule has 0 fully saturated rings. The summed E-state index contributed by atoms with van der Waals surface area (Å²) < 4.78 is 5.36. The maximum atomic E-state index is 5.36. The van der Waals surface area contributed by atoms with Gasteiger partial charge in [0.05, 0.1) is 0 Å². The predicted octanol–water partition coefficient (Wildman–Crippen LogP) is 2.90. The van der Waals surface area contributed by atoms with Crippen molar-refractivity contribution >= 4 is 12.4 Å². The van der Waals surface area contributed by atoms with Gasteiger partial charge in [-0.05, 0) is 11.8 Å². The van der Waals surface area contributed by atoms with Crippen LogP contribution in [0.2, 0.25) is 0 Å². The molecule has 0 aliphatic rings. The second-order valence-corrected chi connectivity index (χ2v) is 3.33. The van der Waals surface area contributed by atoms with E-state index in [1.165, 1.54) is 0 Å². The molecule has 72 valence electrons. The first-order valence-corrected chi connectivity index (χ1v) is 3.70. The Labute approximate surface area is 76.7 Å². The number of hydrogen-bond donors (Lipinski definition) is 1. The lowest BCUT2D eigenvalue weighted by molar-refractivity contribution is 0.0886. The number of rotatable bonds is 4. The molecule has 0 saturated carbocycles. The van der Waals surface area contributed by atoms with E-state index in [2.05, 4.69) is 27.7 Å². The van der Waals surface area contributed by atoms with Crippen LogP contribution in [0, 0.1) is 11.8 Å². The van der Waals surface area contributed by atoms with Crippen molar-refractivity contribution in [3.63, 3.8) is 0 Å². The average Bonchev–Trinajstić information content (AvgIpc) is 1.63. The molecule has 0 unspecified atom stereocenters. The lowest BCUT2D eigenvalue weighted by atomic mass is 10.2. The van der Waals surface area contributed by atoms with Gasteiger partial charge in [0.2, 0.25) is 0 Å². The molecule has 0 aromatic rings. The minimum atomic E-state index is 0. The van der Waals surface area contributed by atoms with Crippen molar-refractivity contribution in [2.24, 2.45) is 11.8 Å². The molecule has 0 amide bonds. The molecule has 0 radical (unpaired) electrons. The van der Waals surface area contributed by atoms with E-state index >= 15 is 0 Å². The third-order valence-electron chi connectivity index (χ3n) is 0.902. The number of halogens is 1. The van der Waals surface area contributed by atoms with E-state index in [1.54, 1.807) is 0 Å². The molecule has 0 atom stereocenters. The molecule has 0 bridgehead atoms. The van der Waals surface area contributed by atoms with Gasteiger partial charge in [-0.25, -0.2) is 0 Å². The van der Waals surface area contributed by atoms with Crippen LogP contribution < -0.4 is 6.15 Å². The van der Waals surface area contributed by atoms with Crippen molar-refractivity contribution in [3.05, 3.63) is 0 Å². The number of ether oxygens (including phenoxy) is 1. The predicted molar refractivity (Wildman–Crippen MR) is 52.8 cm³/mol. The van der Waals surface area contributed by atoms with Gasteiger partial charge in [-0.15, -0.1) is 12.4 Å². The van der Waals surface area contributed by atoms with E-state index < -0.39 is 0 Å². The van der Waals surface area contributed by atoms with Gasteiger partial charge in [-0.2, -0.15) is 0 Å². The fourth-order valence-corrected chi connectivity index (χ4v) is 0.539. The molecular weight excluding hydrogens is 162 g/mol. The van der Waals surface area contributed by atoms with E-state index in [0.29, 0.717) is 11.8 Å². The molecular formula is C8H22ClNO. The van der Waals surface area contributed by atoms with E-state index in [4.69, 9.17) is 4.74 Å². The van der Waals surface area contributed by atoms with Crippen LogP contribution in [0.1, 0.15) is 27.7 Å². The first kappa shape index (κ1) is 17.3. The molecule has 0 rings (SSSR count). The Morgan fingerprint density at radius 3 is 1.36 bits per heavy atom. The second kappa shape index (κ2) is 10.2. The molecule has 0 heterocycles. The van der Waals surface area contributed by atoms with Crippen LogP contribution in [0.5, 0.6) is 0 Å². The Hall–Kier alpha value is 0.210. The summed E-state index contributed by atoms with van der Waals surface area (Å²) in [6.45, 7) is 10.5. The fourth-order valence-electron chi connectivity index (χ4n) is 0.539.